The van der Waals surface area contributed by atoms with Gasteiger partial charge in [-0.2, -0.15) is 0 Å². The van der Waals surface area contributed by atoms with Crippen molar-refractivity contribution in [2.24, 2.45) is 0 Å². The molecule has 2 N–H and O–H groups in total. The molecule has 1 rings (SSSR count). The second-order valence-corrected chi connectivity index (χ2v) is 4.30. The molecule has 0 aliphatic rings. The predicted molar refractivity (Wildman–Crippen MR) is 70.6 cm³/mol. The second-order valence-electron chi connectivity index (χ2n) is 4.30. The van der Waals surface area contributed by atoms with Crippen LogP contribution in [0.1, 0.15) is 24.5 Å². The lowest BCUT2D eigenvalue weighted by atomic mass is 9.78. The van der Waals surface area contributed by atoms with Crippen molar-refractivity contribution in [2.75, 3.05) is 0 Å². The van der Waals surface area contributed by atoms with Crippen LogP contribution in [0.3, 0.4) is 0 Å². The van der Waals surface area contributed by atoms with Crippen LogP contribution >= 0.6 is 0 Å². The molecule has 0 radical (unpaired) electrons. The molecular weight excluding hydrogens is 215 g/mol. The fraction of sp³-hybridized carbons (Fsp3) is 0.385. The third-order valence-corrected chi connectivity index (χ3v) is 2.73. The Morgan fingerprint density at radius 2 is 1.94 bits per heavy atom. The van der Waals surface area contributed by atoms with E-state index < -0.39 is 7.12 Å². The minimum atomic E-state index is -1.51. The molecule has 0 heterocycles. The van der Waals surface area contributed by atoms with Crippen LogP contribution in [0, 0.1) is 13.8 Å². The van der Waals surface area contributed by atoms with E-state index >= 15 is 0 Å². The van der Waals surface area contributed by atoms with E-state index in [9.17, 15) is 10.0 Å². The van der Waals surface area contributed by atoms with Crippen molar-refractivity contribution in [3.63, 3.8) is 0 Å². The maximum atomic E-state index is 9.32. The van der Waals surface area contributed by atoms with E-state index in [0.717, 1.165) is 11.1 Å². The van der Waals surface area contributed by atoms with Gasteiger partial charge in [-0.05, 0) is 38.0 Å². The fourth-order valence-electron chi connectivity index (χ4n) is 1.62. The van der Waals surface area contributed by atoms with Crippen molar-refractivity contribution in [1.82, 2.24) is 0 Å². The molecule has 92 valence electrons. The Bertz CT molecular complexity index is 402. The molecule has 1 aromatic rings. The summed E-state index contributed by atoms with van der Waals surface area (Å²) in [5, 5.41) is 18.6. The van der Waals surface area contributed by atoms with Gasteiger partial charge in [0.1, 0.15) is 5.75 Å². The summed E-state index contributed by atoms with van der Waals surface area (Å²) in [4.78, 5) is 0. The third kappa shape index (κ3) is 3.61. The Morgan fingerprint density at radius 3 is 2.47 bits per heavy atom. The zero-order chi connectivity index (χ0) is 13.0. The monoisotopic (exact) mass is 234 g/mol. The van der Waals surface area contributed by atoms with Crippen molar-refractivity contribution < 1.29 is 14.8 Å². The molecular formula is C13H19BO3. The third-order valence-electron chi connectivity index (χ3n) is 2.73. The van der Waals surface area contributed by atoms with Gasteiger partial charge in [-0.25, -0.2) is 0 Å². The van der Waals surface area contributed by atoms with E-state index in [0.29, 0.717) is 17.6 Å². The zero-order valence-electron chi connectivity index (χ0n) is 10.6. The minimum Gasteiger partial charge on any atom is -0.491 e. The highest BCUT2D eigenvalue weighted by Gasteiger charge is 2.19. The van der Waals surface area contributed by atoms with E-state index in [-0.39, 0.29) is 6.10 Å². The van der Waals surface area contributed by atoms with Gasteiger partial charge in [0.2, 0.25) is 0 Å². The normalized spacial score (nSPS) is 12.1. The van der Waals surface area contributed by atoms with Gasteiger partial charge in [0.15, 0.2) is 0 Å². The van der Waals surface area contributed by atoms with Gasteiger partial charge in [-0.15, -0.1) is 6.58 Å². The summed E-state index contributed by atoms with van der Waals surface area (Å²) in [7, 11) is -1.51. The van der Waals surface area contributed by atoms with Crippen LogP contribution in [-0.2, 0) is 0 Å². The van der Waals surface area contributed by atoms with E-state index in [4.69, 9.17) is 4.74 Å². The lowest BCUT2D eigenvalue weighted by Gasteiger charge is -2.17. The molecule has 0 fully saturated rings. The molecule has 1 atom stereocenters. The molecule has 3 nitrogen and oxygen atoms in total. The van der Waals surface area contributed by atoms with Crippen LogP contribution in [0.2, 0.25) is 0 Å². The number of hydrogen-bond acceptors (Lipinski definition) is 3. The predicted octanol–water partition coefficient (Wildman–Crippen LogP) is 1.33. The van der Waals surface area contributed by atoms with Crippen molar-refractivity contribution in [2.45, 2.75) is 33.3 Å². The van der Waals surface area contributed by atoms with Crippen molar-refractivity contribution >= 4 is 12.6 Å². The molecule has 0 amide bonds. The highest BCUT2D eigenvalue weighted by atomic mass is 16.5. The fourth-order valence-corrected chi connectivity index (χ4v) is 1.62. The first-order chi connectivity index (χ1) is 7.95. The molecule has 0 spiro atoms. The number of hydrogen-bond donors (Lipinski definition) is 2. The lowest BCUT2D eigenvalue weighted by molar-refractivity contribution is 0.226. The van der Waals surface area contributed by atoms with Gasteiger partial charge >= 0.3 is 7.12 Å². The van der Waals surface area contributed by atoms with Crippen molar-refractivity contribution in [3.05, 3.63) is 35.9 Å². The standard InChI is InChI=1S/C13H19BO3/c1-5-6-11(4)17-13-8-10(3)9(2)7-12(13)14(15)16/h5,7-8,11,15-16H,1,6H2,2-4H3/t11-/m0/s1. The first kappa shape index (κ1) is 13.8. The number of ether oxygens (including phenoxy) is 1. The highest BCUT2D eigenvalue weighted by molar-refractivity contribution is 6.59. The average molecular weight is 234 g/mol. The molecule has 0 aliphatic carbocycles. The Balaban J connectivity index is 3.03. The molecule has 1 aromatic carbocycles. The molecule has 4 heteroatoms. The van der Waals surface area contributed by atoms with Gasteiger partial charge in [0.05, 0.1) is 6.10 Å². The van der Waals surface area contributed by atoms with E-state index in [1.54, 1.807) is 12.1 Å². The molecule has 0 aliphatic heterocycles. The SMILES string of the molecule is C=CC[C@H](C)Oc1cc(C)c(C)cc1B(O)O. The van der Waals surface area contributed by atoms with E-state index in [1.165, 1.54) is 0 Å². The largest absolute Gasteiger partial charge is 0.492 e. The van der Waals surface area contributed by atoms with Gasteiger partial charge in [0, 0.05) is 11.9 Å². The quantitative estimate of drug-likeness (QED) is 0.596. The second kappa shape index (κ2) is 5.89. The number of benzene rings is 1. The maximum Gasteiger partial charge on any atom is 0.492 e. The van der Waals surface area contributed by atoms with Crippen LogP contribution in [-0.4, -0.2) is 23.3 Å². The molecule has 0 saturated heterocycles. The Kier molecular flexibility index (Phi) is 4.79. The summed E-state index contributed by atoms with van der Waals surface area (Å²) >= 11 is 0. The molecule has 0 aromatic heterocycles. The van der Waals surface area contributed by atoms with Crippen LogP contribution < -0.4 is 10.2 Å². The molecule has 0 saturated carbocycles. The minimum absolute atomic E-state index is 0.0351. The first-order valence-corrected chi connectivity index (χ1v) is 5.70. The lowest BCUT2D eigenvalue weighted by Crippen LogP contribution is -2.33. The van der Waals surface area contributed by atoms with Crippen LogP contribution in [0.4, 0.5) is 0 Å². The smallest absolute Gasteiger partial charge is 0.491 e. The van der Waals surface area contributed by atoms with Crippen molar-refractivity contribution in [1.29, 1.82) is 0 Å². The topological polar surface area (TPSA) is 49.7 Å². The van der Waals surface area contributed by atoms with E-state index in [1.807, 2.05) is 26.8 Å². The van der Waals surface area contributed by atoms with Crippen molar-refractivity contribution in [3.8, 4) is 5.75 Å². The summed E-state index contributed by atoms with van der Waals surface area (Å²) in [5.41, 5.74) is 2.48. The summed E-state index contributed by atoms with van der Waals surface area (Å²) in [6, 6.07) is 3.58. The van der Waals surface area contributed by atoms with E-state index in [2.05, 4.69) is 6.58 Å². The first-order valence-electron chi connectivity index (χ1n) is 5.70. The van der Waals surface area contributed by atoms with Crippen LogP contribution in [0.25, 0.3) is 0 Å². The van der Waals surface area contributed by atoms with Gasteiger partial charge in [0.25, 0.3) is 0 Å². The Hall–Kier alpha value is -1.26. The Labute approximate surface area is 103 Å². The number of aryl methyl sites for hydroxylation is 2. The average Bonchev–Trinajstić information content (AvgIpc) is 2.23. The summed E-state index contributed by atoms with van der Waals surface area (Å²) < 4.78 is 5.69. The zero-order valence-corrected chi connectivity index (χ0v) is 10.6. The highest BCUT2D eigenvalue weighted by Crippen LogP contribution is 2.17. The van der Waals surface area contributed by atoms with Crippen LogP contribution in [0.15, 0.2) is 24.8 Å². The van der Waals surface area contributed by atoms with Gasteiger partial charge < -0.3 is 14.8 Å². The molecule has 0 bridgehead atoms. The summed E-state index contributed by atoms with van der Waals surface area (Å²) in [6.45, 7) is 9.47. The summed E-state index contributed by atoms with van der Waals surface area (Å²) in [5.74, 6) is 0.525. The number of rotatable bonds is 5. The maximum absolute atomic E-state index is 9.32. The Morgan fingerprint density at radius 1 is 1.35 bits per heavy atom. The molecule has 0 unspecified atom stereocenters. The van der Waals surface area contributed by atoms with Crippen LogP contribution in [0.5, 0.6) is 5.75 Å². The molecule has 17 heavy (non-hydrogen) atoms. The van der Waals surface area contributed by atoms with Gasteiger partial charge in [-0.3, -0.25) is 0 Å². The van der Waals surface area contributed by atoms with Gasteiger partial charge in [-0.1, -0.05) is 12.1 Å². The summed E-state index contributed by atoms with van der Waals surface area (Å²) in [6.07, 6.45) is 2.46.